The standard InChI is InChI=1S/C25H31N7O3/c1-3-5-10-32-22-21(23(33)28-25(32)35)31(4-2)20(27-22)16-29-11-13-30(14-12-29)24(34)19-15-17-8-6-7-9-18(17)26-19/h6-9,15,26H,3-5,10-14,16H2,1-2H3,(H,28,33,35). The van der Waals surface area contributed by atoms with Gasteiger partial charge in [0.15, 0.2) is 11.2 Å². The van der Waals surface area contributed by atoms with Crippen molar-refractivity contribution in [1.82, 2.24) is 33.9 Å². The normalized spacial score (nSPS) is 14.9. The van der Waals surface area contributed by atoms with Gasteiger partial charge in [0.25, 0.3) is 11.5 Å². The molecule has 0 aliphatic carbocycles. The number of aromatic amines is 2. The molecule has 0 bridgehead atoms. The van der Waals surface area contributed by atoms with E-state index in [4.69, 9.17) is 4.98 Å². The summed E-state index contributed by atoms with van der Waals surface area (Å²) in [5.74, 6) is 0.771. The van der Waals surface area contributed by atoms with Gasteiger partial charge in [-0.3, -0.25) is 24.0 Å². The zero-order chi connectivity index (χ0) is 24.5. The number of amides is 1. The highest BCUT2D eigenvalue weighted by Crippen LogP contribution is 2.18. The first-order valence-corrected chi connectivity index (χ1v) is 12.3. The first-order chi connectivity index (χ1) is 17.0. The van der Waals surface area contributed by atoms with Crippen LogP contribution in [0.1, 0.15) is 43.0 Å². The highest BCUT2D eigenvalue weighted by atomic mass is 16.2. The number of aryl methyl sites for hydroxylation is 2. The SMILES string of the molecule is CCCCn1c(=O)[nH]c(=O)c2c1nc(CN1CCN(C(=O)c3cc4ccccc4[nH]3)CC1)n2CC. The van der Waals surface area contributed by atoms with Crippen molar-refractivity contribution in [3.05, 3.63) is 62.7 Å². The maximum Gasteiger partial charge on any atom is 0.330 e. The molecule has 3 aromatic heterocycles. The van der Waals surface area contributed by atoms with Gasteiger partial charge in [-0.25, -0.2) is 9.78 Å². The Morgan fingerprint density at radius 3 is 2.51 bits per heavy atom. The molecule has 2 N–H and O–H groups in total. The predicted molar refractivity (Wildman–Crippen MR) is 135 cm³/mol. The molecule has 1 aliphatic heterocycles. The number of hydrogen-bond acceptors (Lipinski definition) is 5. The number of nitrogens with zero attached hydrogens (tertiary/aromatic N) is 5. The first-order valence-electron chi connectivity index (χ1n) is 12.3. The van der Waals surface area contributed by atoms with Crippen LogP contribution in [0.25, 0.3) is 22.1 Å². The Labute approximate surface area is 202 Å². The summed E-state index contributed by atoms with van der Waals surface area (Å²) in [7, 11) is 0. The minimum Gasteiger partial charge on any atom is -0.351 e. The minimum atomic E-state index is -0.410. The number of nitrogens with one attached hydrogen (secondary N) is 2. The van der Waals surface area contributed by atoms with Crippen LogP contribution in [0.4, 0.5) is 0 Å². The van der Waals surface area contributed by atoms with Gasteiger partial charge in [-0.1, -0.05) is 31.5 Å². The zero-order valence-corrected chi connectivity index (χ0v) is 20.2. The van der Waals surface area contributed by atoms with Crippen molar-refractivity contribution in [2.24, 2.45) is 0 Å². The summed E-state index contributed by atoms with van der Waals surface area (Å²) in [5, 5.41) is 1.03. The quantitative estimate of drug-likeness (QED) is 0.424. The number of fused-ring (bicyclic) bond motifs is 2. The van der Waals surface area contributed by atoms with E-state index >= 15 is 0 Å². The van der Waals surface area contributed by atoms with Crippen molar-refractivity contribution in [2.45, 2.75) is 46.3 Å². The molecule has 10 heteroatoms. The number of rotatable bonds is 7. The maximum atomic E-state index is 13.0. The number of imidazole rings is 1. The second kappa shape index (κ2) is 9.53. The van der Waals surface area contributed by atoms with Gasteiger partial charge in [0.1, 0.15) is 11.5 Å². The Balaban J connectivity index is 1.33. The van der Waals surface area contributed by atoms with Crippen LogP contribution in [0.15, 0.2) is 39.9 Å². The number of carbonyl (C=O) groups is 1. The summed E-state index contributed by atoms with van der Waals surface area (Å²) in [4.78, 5) is 52.7. The number of H-pyrrole nitrogens is 2. The van der Waals surface area contributed by atoms with Gasteiger partial charge in [-0.05, 0) is 25.5 Å². The molecule has 0 unspecified atom stereocenters. The molecule has 0 atom stereocenters. The molecule has 1 amide bonds. The number of piperazine rings is 1. The van der Waals surface area contributed by atoms with Crippen LogP contribution in [0.2, 0.25) is 0 Å². The molecule has 184 valence electrons. The molecule has 0 radical (unpaired) electrons. The van der Waals surface area contributed by atoms with Gasteiger partial charge in [-0.2, -0.15) is 0 Å². The highest BCUT2D eigenvalue weighted by Gasteiger charge is 2.25. The molecule has 4 heterocycles. The topological polar surface area (TPSA) is 112 Å². The summed E-state index contributed by atoms with van der Waals surface area (Å²) in [6.07, 6.45) is 1.78. The van der Waals surface area contributed by atoms with E-state index in [9.17, 15) is 14.4 Å². The lowest BCUT2D eigenvalue weighted by Gasteiger charge is -2.34. The molecule has 35 heavy (non-hydrogen) atoms. The molecule has 5 rings (SSSR count). The number of unbranched alkanes of at least 4 members (excludes halogenated alkanes) is 1. The number of hydrogen-bond donors (Lipinski definition) is 2. The van der Waals surface area contributed by atoms with E-state index in [-0.39, 0.29) is 5.91 Å². The highest BCUT2D eigenvalue weighted by molar-refractivity contribution is 5.98. The molecule has 1 aromatic carbocycles. The summed E-state index contributed by atoms with van der Waals surface area (Å²) >= 11 is 0. The van der Waals surface area contributed by atoms with Crippen LogP contribution in [0.5, 0.6) is 0 Å². The van der Waals surface area contributed by atoms with E-state index in [1.165, 1.54) is 0 Å². The van der Waals surface area contributed by atoms with E-state index in [0.717, 1.165) is 29.6 Å². The summed E-state index contributed by atoms with van der Waals surface area (Å²) in [6.45, 7) is 8.34. The smallest absolute Gasteiger partial charge is 0.330 e. The molecule has 1 saturated heterocycles. The lowest BCUT2D eigenvalue weighted by Crippen LogP contribution is -2.48. The van der Waals surface area contributed by atoms with Crippen molar-refractivity contribution < 1.29 is 4.79 Å². The van der Waals surface area contributed by atoms with Crippen LogP contribution >= 0.6 is 0 Å². The zero-order valence-electron chi connectivity index (χ0n) is 20.2. The van der Waals surface area contributed by atoms with E-state index < -0.39 is 11.2 Å². The third kappa shape index (κ3) is 4.29. The predicted octanol–water partition coefficient (Wildman–Crippen LogP) is 2.15. The number of benzene rings is 1. The van der Waals surface area contributed by atoms with Crippen molar-refractivity contribution in [1.29, 1.82) is 0 Å². The lowest BCUT2D eigenvalue weighted by atomic mass is 10.2. The Kier molecular flexibility index (Phi) is 6.29. The molecule has 1 aliphatic rings. The van der Waals surface area contributed by atoms with Gasteiger partial charge >= 0.3 is 5.69 Å². The van der Waals surface area contributed by atoms with Crippen molar-refractivity contribution in [3.8, 4) is 0 Å². The number of para-hydroxylation sites is 1. The summed E-state index contributed by atoms with van der Waals surface area (Å²) < 4.78 is 3.48. The summed E-state index contributed by atoms with van der Waals surface area (Å²) in [5.41, 5.74) is 1.67. The van der Waals surface area contributed by atoms with Gasteiger partial charge in [0.2, 0.25) is 0 Å². The van der Waals surface area contributed by atoms with Crippen molar-refractivity contribution in [2.75, 3.05) is 26.2 Å². The second-order valence-corrected chi connectivity index (χ2v) is 9.05. The van der Waals surface area contributed by atoms with E-state index in [1.54, 1.807) is 4.57 Å². The third-order valence-corrected chi connectivity index (χ3v) is 6.80. The molecule has 4 aromatic rings. The minimum absolute atomic E-state index is 0.00752. The van der Waals surface area contributed by atoms with Crippen LogP contribution in [0.3, 0.4) is 0 Å². The third-order valence-electron chi connectivity index (χ3n) is 6.80. The molecule has 0 saturated carbocycles. The van der Waals surface area contributed by atoms with Crippen LogP contribution in [-0.4, -0.2) is 66.0 Å². The first kappa shape index (κ1) is 23.1. The Morgan fingerprint density at radius 2 is 1.80 bits per heavy atom. The van der Waals surface area contributed by atoms with Crippen LogP contribution < -0.4 is 11.2 Å². The monoisotopic (exact) mass is 477 g/mol. The van der Waals surface area contributed by atoms with Gasteiger partial charge in [-0.15, -0.1) is 0 Å². The molecular weight excluding hydrogens is 446 g/mol. The van der Waals surface area contributed by atoms with Gasteiger partial charge in [0.05, 0.1) is 6.54 Å². The number of carbonyl (C=O) groups excluding carboxylic acids is 1. The Hall–Kier alpha value is -3.66. The van der Waals surface area contributed by atoms with Crippen molar-refractivity contribution >= 4 is 28.0 Å². The van der Waals surface area contributed by atoms with Gasteiger partial charge < -0.3 is 14.5 Å². The lowest BCUT2D eigenvalue weighted by molar-refractivity contribution is 0.0619. The fourth-order valence-corrected chi connectivity index (χ4v) is 4.87. The average molecular weight is 478 g/mol. The van der Waals surface area contributed by atoms with Gasteiger partial charge in [0, 0.05) is 50.2 Å². The van der Waals surface area contributed by atoms with Crippen LogP contribution in [0, 0.1) is 0 Å². The average Bonchev–Trinajstić information content (AvgIpc) is 3.45. The largest absolute Gasteiger partial charge is 0.351 e. The molecule has 10 nitrogen and oxygen atoms in total. The van der Waals surface area contributed by atoms with E-state index in [2.05, 4.69) is 21.8 Å². The van der Waals surface area contributed by atoms with Crippen molar-refractivity contribution in [3.63, 3.8) is 0 Å². The Bertz CT molecular complexity index is 1450. The fraction of sp³-hybridized carbons (Fsp3) is 0.440. The Morgan fingerprint density at radius 1 is 1.03 bits per heavy atom. The second-order valence-electron chi connectivity index (χ2n) is 9.05. The fourth-order valence-electron chi connectivity index (χ4n) is 4.87. The maximum absolute atomic E-state index is 13.0. The van der Waals surface area contributed by atoms with Crippen LogP contribution in [-0.2, 0) is 19.6 Å². The van der Waals surface area contributed by atoms with E-state index in [0.29, 0.717) is 62.7 Å². The van der Waals surface area contributed by atoms with E-state index in [1.807, 2.05) is 46.7 Å². The number of aromatic nitrogens is 5. The molecule has 0 spiro atoms. The molecular formula is C25H31N7O3. The summed E-state index contributed by atoms with van der Waals surface area (Å²) in [6, 6.07) is 9.78. The molecule has 1 fully saturated rings.